The van der Waals surface area contributed by atoms with E-state index in [1.807, 2.05) is 0 Å². The summed E-state index contributed by atoms with van der Waals surface area (Å²) in [6.45, 7) is 11.3. The van der Waals surface area contributed by atoms with Gasteiger partial charge in [-0.2, -0.15) is 0 Å². The van der Waals surface area contributed by atoms with Crippen LogP contribution in [0, 0.1) is 0 Å². The highest BCUT2D eigenvalue weighted by Crippen LogP contribution is 2.29. The number of unbranched alkanes of at least 4 members (excludes halogenated alkanes) is 2. The van der Waals surface area contributed by atoms with Crippen LogP contribution in [-0.2, 0) is 0 Å². The van der Waals surface area contributed by atoms with Gasteiger partial charge in [-0.15, -0.1) is 0 Å². The molecule has 1 saturated heterocycles. The Bertz CT molecular complexity index is 155. The number of likely N-dealkylation sites (tertiary alicyclic amines) is 1. The van der Waals surface area contributed by atoms with Crippen LogP contribution in [0.4, 0.5) is 0 Å². The van der Waals surface area contributed by atoms with Gasteiger partial charge in [0.15, 0.2) is 0 Å². The fourth-order valence-electron chi connectivity index (χ4n) is 3.24. The highest BCUT2D eigenvalue weighted by molar-refractivity contribution is 4.66. The maximum Gasteiger partial charge on any atom is 0.0889 e. The van der Waals surface area contributed by atoms with E-state index < -0.39 is 0 Å². The van der Waals surface area contributed by atoms with Crippen LogP contribution in [0.3, 0.4) is 0 Å². The van der Waals surface area contributed by atoms with E-state index in [1.165, 1.54) is 62.6 Å². The second-order valence-corrected chi connectivity index (χ2v) is 4.89. The average Bonchev–Trinajstić information content (AvgIpc) is 2.62. The molecule has 0 radical (unpaired) electrons. The normalized spacial score (nSPS) is 32.4. The zero-order valence-corrected chi connectivity index (χ0v) is 10.4. The lowest BCUT2D eigenvalue weighted by Gasteiger charge is -2.39. The molecule has 1 rings (SSSR count). The van der Waals surface area contributed by atoms with E-state index in [1.54, 1.807) is 0 Å². The zero-order chi connectivity index (χ0) is 10.4. The van der Waals surface area contributed by atoms with E-state index in [-0.39, 0.29) is 0 Å². The van der Waals surface area contributed by atoms with Crippen molar-refractivity contribution in [3.05, 3.63) is 0 Å². The Kier molecular flexibility index (Phi) is 4.94. The Hall–Kier alpha value is -0.0400. The predicted octanol–water partition coefficient (Wildman–Crippen LogP) is 3.59. The van der Waals surface area contributed by atoms with Crippen molar-refractivity contribution in [1.29, 1.82) is 0 Å². The van der Waals surface area contributed by atoms with Crippen LogP contribution in [0.5, 0.6) is 0 Å². The highest BCUT2D eigenvalue weighted by atomic mass is 15.4. The average molecular weight is 198 g/mol. The third-order valence-corrected chi connectivity index (χ3v) is 4.22. The van der Waals surface area contributed by atoms with E-state index in [0.717, 1.165) is 6.04 Å². The van der Waals surface area contributed by atoms with Crippen LogP contribution in [0.2, 0.25) is 0 Å². The Morgan fingerprint density at radius 3 is 2.50 bits per heavy atom. The molecular formula is C13H28N+. The molecule has 0 spiro atoms. The van der Waals surface area contributed by atoms with E-state index in [0.29, 0.717) is 0 Å². The molecule has 0 aromatic rings. The first-order chi connectivity index (χ1) is 6.79. The second-order valence-electron chi connectivity index (χ2n) is 4.89. The van der Waals surface area contributed by atoms with Crippen LogP contribution in [-0.4, -0.2) is 30.2 Å². The summed E-state index contributed by atoms with van der Waals surface area (Å²) in [5.41, 5.74) is 0. The Morgan fingerprint density at radius 1 is 1.14 bits per heavy atom. The van der Waals surface area contributed by atoms with Crippen molar-refractivity contribution in [2.45, 2.75) is 65.3 Å². The van der Waals surface area contributed by atoms with Crippen molar-refractivity contribution in [1.82, 2.24) is 0 Å². The van der Waals surface area contributed by atoms with Gasteiger partial charge in [0, 0.05) is 12.8 Å². The van der Waals surface area contributed by atoms with Crippen molar-refractivity contribution in [3.8, 4) is 0 Å². The van der Waals surface area contributed by atoms with Crippen LogP contribution in [0.1, 0.15) is 59.3 Å². The largest absolute Gasteiger partial charge is 0.321 e. The molecule has 0 N–H and O–H groups in total. The Balaban J connectivity index is 2.46. The molecule has 0 bridgehead atoms. The fraction of sp³-hybridized carbons (Fsp3) is 1.00. The number of nitrogens with zero attached hydrogens (tertiary/aromatic N) is 1. The predicted molar refractivity (Wildman–Crippen MR) is 63.4 cm³/mol. The van der Waals surface area contributed by atoms with Gasteiger partial charge in [0.1, 0.15) is 0 Å². The molecule has 1 aliphatic rings. The molecule has 0 aromatic carbocycles. The number of rotatable bonds is 6. The summed E-state index contributed by atoms with van der Waals surface area (Å²) in [5.74, 6) is 0. The molecule has 0 saturated carbocycles. The molecule has 84 valence electrons. The summed E-state index contributed by atoms with van der Waals surface area (Å²) >= 11 is 0. The molecule has 1 aliphatic heterocycles. The first-order valence-corrected chi connectivity index (χ1v) is 6.64. The molecule has 1 heterocycles. The standard InChI is InChI=1S/C13H28N/c1-4-7-8-11-14(6-3)12-9-10-13(14)5-2/h13H,4-12H2,1-3H3/q+1. The van der Waals surface area contributed by atoms with Crippen molar-refractivity contribution in [2.24, 2.45) is 0 Å². The highest BCUT2D eigenvalue weighted by Gasteiger charge is 2.38. The maximum atomic E-state index is 2.39. The van der Waals surface area contributed by atoms with Crippen LogP contribution >= 0.6 is 0 Å². The van der Waals surface area contributed by atoms with Crippen molar-refractivity contribution in [3.63, 3.8) is 0 Å². The Labute approximate surface area is 90.1 Å². The van der Waals surface area contributed by atoms with Gasteiger partial charge in [-0.1, -0.05) is 20.3 Å². The minimum Gasteiger partial charge on any atom is -0.321 e. The fourth-order valence-corrected chi connectivity index (χ4v) is 3.24. The van der Waals surface area contributed by atoms with E-state index in [2.05, 4.69) is 20.8 Å². The van der Waals surface area contributed by atoms with Crippen molar-refractivity contribution < 1.29 is 4.48 Å². The SMILES string of the molecule is CCCCC[N+]1(CC)CCCC1CC. The molecule has 0 aromatic heterocycles. The molecule has 2 atom stereocenters. The van der Waals surface area contributed by atoms with Crippen LogP contribution in [0.25, 0.3) is 0 Å². The quantitative estimate of drug-likeness (QED) is 0.452. The smallest absolute Gasteiger partial charge is 0.0889 e. The first kappa shape index (κ1) is 12.0. The second kappa shape index (κ2) is 5.75. The van der Waals surface area contributed by atoms with Crippen molar-refractivity contribution in [2.75, 3.05) is 19.6 Å². The van der Waals surface area contributed by atoms with E-state index in [9.17, 15) is 0 Å². The van der Waals surface area contributed by atoms with Gasteiger partial charge in [-0.05, 0) is 26.2 Å². The summed E-state index contributed by atoms with van der Waals surface area (Å²) in [6.07, 6.45) is 8.58. The first-order valence-electron chi connectivity index (χ1n) is 6.64. The topological polar surface area (TPSA) is 0 Å². The lowest BCUT2D eigenvalue weighted by Crippen LogP contribution is -2.51. The number of quaternary nitrogens is 1. The zero-order valence-electron chi connectivity index (χ0n) is 10.4. The van der Waals surface area contributed by atoms with Crippen molar-refractivity contribution >= 4 is 0 Å². The van der Waals surface area contributed by atoms with Gasteiger partial charge in [-0.3, -0.25) is 0 Å². The third kappa shape index (κ3) is 2.50. The molecule has 2 unspecified atom stereocenters. The third-order valence-electron chi connectivity index (χ3n) is 4.22. The minimum atomic E-state index is 0.983. The minimum absolute atomic E-state index is 0.983. The summed E-state index contributed by atoms with van der Waals surface area (Å²) in [6, 6.07) is 0.983. The molecule has 1 fully saturated rings. The summed E-state index contributed by atoms with van der Waals surface area (Å²) in [5, 5.41) is 0. The van der Waals surface area contributed by atoms with E-state index in [4.69, 9.17) is 0 Å². The van der Waals surface area contributed by atoms with Gasteiger partial charge >= 0.3 is 0 Å². The van der Waals surface area contributed by atoms with Crippen LogP contribution < -0.4 is 0 Å². The summed E-state index contributed by atoms with van der Waals surface area (Å²) < 4.78 is 1.44. The number of hydrogen-bond donors (Lipinski definition) is 0. The monoisotopic (exact) mass is 198 g/mol. The Morgan fingerprint density at radius 2 is 1.93 bits per heavy atom. The van der Waals surface area contributed by atoms with Gasteiger partial charge in [-0.25, -0.2) is 0 Å². The van der Waals surface area contributed by atoms with Gasteiger partial charge in [0.25, 0.3) is 0 Å². The molecule has 0 aliphatic carbocycles. The molecule has 1 heteroatoms. The molecule has 0 amide bonds. The van der Waals surface area contributed by atoms with Gasteiger partial charge in [0.2, 0.25) is 0 Å². The van der Waals surface area contributed by atoms with Gasteiger partial charge < -0.3 is 4.48 Å². The lowest BCUT2D eigenvalue weighted by atomic mass is 10.1. The van der Waals surface area contributed by atoms with E-state index >= 15 is 0 Å². The van der Waals surface area contributed by atoms with Gasteiger partial charge in [0.05, 0.1) is 25.7 Å². The molecular weight excluding hydrogens is 170 g/mol. The lowest BCUT2D eigenvalue weighted by molar-refractivity contribution is -0.938. The summed E-state index contributed by atoms with van der Waals surface area (Å²) in [4.78, 5) is 0. The molecule has 14 heavy (non-hydrogen) atoms. The van der Waals surface area contributed by atoms with Crippen LogP contribution in [0.15, 0.2) is 0 Å². The number of hydrogen-bond acceptors (Lipinski definition) is 0. The molecule has 1 nitrogen and oxygen atoms in total. The maximum absolute atomic E-state index is 2.39. The summed E-state index contributed by atoms with van der Waals surface area (Å²) in [7, 11) is 0.